The third-order valence-corrected chi connectivity index (χ3v) is 5.81. The first-order valence-electron chi connectivity index (χ1n) is 8.09. The highest BCUT2D eigenvalue weighted by Gasteiger charge is 2.24. The van der Waals surface area contributed by atoms with Crippen LogP contribution in [0.3, 0.4) is 0 Å². The lowest BCUT2D eigenvalue weighted by atomic mass is 10.2. The molecule has 2 aromatic carbocycles. The number of hydrogen-bond donors (Lipinski definition) is 2. The largest absolute Gasteiger partial charge is 0.495 e. The summed E-state index contributed by atoms with van der Waals surface area (Å²) < 4.78 is 30.9. The van der Waals surface area contributed by atoms with Gasteiger partial charge in [0.2, 0.25) is 15.9 Å². The number of nitrogens with zero attached hydrogens (tertiary/aromatic N) is 1. The van der Waals surface area contributed by atoms with Gasteiger partial charge in [0.1, 0.15) is 10.6 Å². The fraction of sp³-hybridized carbons (Fsp3) is 0.222. The summed E-state index contributed by atoms with van der Waals surface area (Å²) in [5.74, 6) is -0.917. The van der Waals surface area contributed by atoms with Gasteiger partial charge in [-0.25, -0.2) is 12.7 Å². The quantitative estimate of drug-likeness (QED) is 0.705. The van der Waals surface area contributed by atoms with Crippen LogP contribution in [0.4, 0.5) is 5.69 Å². The van der Waals surface area contributed by atoms with Crippen LogP contribution in [0.1, 0.15) is 10.4 Å². The summed E-state index contributed by atoms with van der Waals surface area (Å²) in [6, 6.07) is 10.5. The fourth-order valence-electron chi connectivity index (χ4n) is 2.22. The number of rotatable bonds is 7. The number of amides is 2. The van der Waals surface area contributed by atoms with Crippen molar-refractivity contribution in [3.05, 3.63) is 53.1 Å². The van der Waals surface area contributed by atoms with E-state index in [0.29, 0.717) is 10.7 Å². The molecule has 0 aliphatic carbocycles. The molecule has 28 heavy (non-hydrogen) atoms. The molecular formula is C18H20ClN3O5S. The van der Waals surface area contributed by atoms with Gasteiger partial charge in [-0.15, -0.1) is 0 Å². The third-order valence-electron chi connectivity index (χ3n) is 3.72. The smallest absolute Gasteiger partial charge is 0.251 e. The molecule has 0 atom stereocenters. The molecule has 0 aliphatic rings. The first-order chi connectivity index (χ1) is 13.1. The summed E-state index contributed by atoms with van der Waals surface area (Å²) in [5.41, 5.74) is 0.618. The Hall–Kier alpha value is -2.62. The molecule has 2 rings (SSSR count). The van der Waals surface area contributed by atoms with Gasteiger partial charge in [-0.3, -0.25) is 9.59 Å². The van der Waals surface area contributed by atoms with E-state index >= 15 is 0 Å². The Labute approximate surface area is 168 Å². The average Bonchev–Trinajstić information content (AvgIpc) is 2.67. The molecule has 0 heterocycles. The minimum absolute atomic E-state index is 0.0838. The fourth-order valence-corrected chi connectivity index (χ4v) is 3.42. The predicted molar refractivity (Wildman–Crippen MR) is 106 cm³/mol. The van der Waals surface area contributed by atoms with Crippen molar-refractivity contribution in [2.24, 2.45) is 0 Å². The van der Waals surface area contributed by atoms with Crippen molar-refractivity contribution in [1.82, 2.24) is 9.62 Å². The van der Waals surface area contributed by atoms with Crippen molar-refractivity contribution in [2.45, 2.75) is 4.90 Å². The monoisotopic (exact) mass is 425 g/mol. The number of nitrogens with one attached hydrogen (secondary N) is 2. The summed E-state index contributed by atoms with van der Waals surface area (Å²) in [6.07, 6.45) is 0. The van der Waals surface area contributed by atoms with Gasteiger partial charge < -0.3 is 15.4 Å². The number of sulfonamides is 1. The van der Waals surface area contributed by atoms with Crippen LogP contribution in [0.2, 0.25) is 5.02 Å². The molecule has 150 valence electrons. The molecule has 0 spiro atoms. The van der Waals surface area contributed by atoms with E-state index in [4.69, 9.17) is 16.3 Å². The van der Waals surface area contributed by atoms with Crippen LogP contribution >= 0.6 is 11.6 Å². The molecule has 0 saturated heterocycles. The number of anilines is 1. The topological polar surface area (TPSA) is 105 Å². The molecule has 0 saturated carbocycles. The van der Waals surface area contributed by atoms with E-state index in [-0.39, 0.29) is 22.8 Å². The van der Waals surface area contributed by atoms with Gasteiger partial charge in [0.25, 0.3) is 5.91 Å². The summed E-state index contributed by atoms with van der Waals surface area (Å²) >= 11 is 5.78. The molecule has 0 aliphatic heterocycles. The van der Waals surface area contributed by atoms with E-state index in [0.717, 1.165) is 4.31 Å². The Morgan fingerprint density at radius 1 is 1.11 bits per heavy atom. The second kappa shape index (κ2) is 9.05. The van der Waals surface area contributed by atoms with E-state index in [1.165, 1.54) is 39.4 Å². The Bertz CT molecular complexity index is 975. The number of hydrogen-bond acceptors (Lipinski definition) is 5. The maximum atomic E-state index is 12.4. The molecule has 2 amide bonds. The molecule has 0 unspecified atom stereocenters. The lowest BCUT2D eigenvalue weighted by Gasteiger charge is -2.15. The van der Waals surface area contributed by atoms with Crippen molar-refractivity contribution in [3.63, 3.8) is 0 Å². The Kier molecular flexibility index (Phi) is 7.00. The van der Waals surface area contributed by atoms with Crippen molar-refractivity contribution < 1.29 is 22.7 Å². The van der Waals surface area contributed by atoms with Gasteiger partial charge in [0.15, 0.2) is 0 Å². The normalized spacial score (nSPS) is 11.2. The molecule has 8 nitrogen and oxygen atoms in total. The van der Waals surface area contributed by atoms with Gasteiger partial charge >= 0.3 is 0 Å². The zero-order chi connectivity index (χ0) is 20.9. The molecule has 0 radical (unpaired) electrons. The number of benzene rings is 2. The number of methoxy groups -OCH3 is 1. The summed E-state index contributed by atoms with van der Waals surface area (Å²) in [7, 11) is 0.280. The maximum Gasteiger partial charge on any atom is 0.251 e. The van der Waals surface area contributed by atoms with Crippen LogP contribution in [0.15, 0.2) is 47.4 Å². The number of halogens is 1. The minimum atomic E-state index is -3.81. The number of carbonyl (C=O) groups excluding carboxylic acids is 2. The van der Waals surface area contributed by atoms with E-state index < -0.39 is 21.8 Å². The lowest BCUT2D eigenvalue weighted by molar-refractivity contribution is -0.115. The van der Waals surface area contributed by atoms with Gasteiger partial charge in [-0.2, -0.15) is 0 Å². The summed E-state index contributed by atoms with van der Waals surface area (Å²) in [4.78, 5) is 24.2. The standard InChI is InChI=1S/C18H20ClN3O5S/c1-22(2)28(25,26)16-10-12(4-9-15(16)27-3)18(24)20-11-17(23)21-14-7-5-13(19)6-8-14/h4-10H,11H2,1-3H3,(H,20,24)(H,21,23). The SMILES string of the molecule is COc1ccc(C(=O)NCC(=O)Nc2ccc(Cl)cc2)cc1S(=O)(=O)N(C)C. The lowest BCUT2D eigenvalue weighted by Crippen LogP contribution is -2.33. The van der Waals surface area contributed by atoms with Crippen LogP contribution in [-0.4, -0.2) is 52.3 Å². The number of carbonyl (C=O) groups is 2. The highest BCUT2D eigenvalue weighted by atomic mass is 35.5. The predicted octanol–water partition coefficient (Wildman–Crippen LogP) is 1.97. The Balaban J connectivity index is 2.09. The second-order valence-corrected chi connectivity index (χ2v) is 8.45. The van der Waals surface area contributed by atoms with Gasteiger partial charge in [0.05, 0.1) is 13.7 Å². The highest BCUT2D eigenvalue weighted by molar-refractivity contribution is 7.89. The van der Waals surface area contributed by atoms with Crippen LogP contribution in [0, 0.1) is 0 Å². The zero-order valence-corrected chi connectivity index (χ0v) is 17.1. The van der Waals surface area contributed by atoms with Crippen molar-refractivity contribution in [3.8, 4) is 5.75 Å². The molecule has 0 aromatic heterocycles. The molecule has 0 bridgehead atoms. The zero-order valence-electron chi connectivity index (χ0n) is 15.5. The first kappa shape index (κ1) is 21.7. The van der Waals surface area contributed by atoms with Crippen molar-refractivity contribution in [1.29, 1.82) is 0 Å². The Morgan fingerprint density at radius 2 is 1.75 bits per heavy atom. The van der Waals surface area contributed by atoms with E-state index in [1.54, 1.807) is 24.3 Å². The van der Waals surface area contributed by atoms with E-state index in [9.17, 15) is 18.0 Å². The summed E-state index contributed by atoms with van der Waals surface area (Å²) in [5, 5.41) is 5.60. The van der Waals surface area contributed by atoms with Gasteiger partial charge in [-0.1, -0.05) is 11.6 Å². The highest BCUT2D eigenvalue weighted by Crippen LogP contribution is 2.26. The van der Waals surface area contributed by atoms with Crippen LogP contribution in [0.5, 0.6) is 5.75 Å². The summed E-state index contributed by atoms with van der Waals surface area (Å²) in [6.45, 7) is -0.288. The van der Waals surface area contributed by atoms with Crippen molar-refractivity contribution >= 4 is 39.1 Å². The van der Waals surface area contributed by atoms with E-state index in [2.05, 4.69) is 10.6 Å². The molecular weight excluding hydrogens is 406 g/mol. The van der Waals surface area contributed by atoms with Crippen molar-refractivity contribution in [2.75, 3.05) is 33.1 Å². The third kappa shape index (κ3) is 5.22. The average molecular weight is 426 g/mol. The van der Waals surface area contributed by atoms with Gasteiger partial charge in [0, 0.05) is 30.4 Å². The number of ether oxygens (including phenoxy) is 1. The van der Waals surface area contributed by atoms with Gasteiger partial charge in [-0.05, 0) is 42.5 Å². The minimum Gasteiger partial charge on any atom is -0.495 e. The van der Waals surface area contributed by atoms with Crippen LogP contribution in [0.25, 0.3) is 0 Å². The molecule has 2 aromatic rings. The first-order valence-corrected chi connectivity index (χ1v) is 9.91. The second-order valence-electron chi connectivity index (χ2n) is 5.89. The molecule has 2 N–H and O–H groups in total. The van der Waals surface area contributed by atoms with Crippen LogP contribution in [-0.2, 0) is 14.8 Å². The van der Waals surface area contributed by atoms with Crippen LogP contribution < -0.4 is 15.4 Å². The van der Waals surface area contributed by atoms with E-state index in [1.807, 2.05) is 0 Å². The maximum absolute atomic E-state index is 12.4. The molecule has 10 heteroatoms. The Morgan fingerprint density at radius 3 is 2.32 bits per heavy atom. The molecule has 0 fully saturated rings.